The number of unbranched alkanes of at least 4 members (excludes halogenated alkanes) is 1. The Hall–Kier alpha value is -3.30. The van der Waals surface area contributed by atoms with Crippen molar-refractivity contribution >= 4 is 10.8 Å². The fraction of sp³-hybridized carbons (Fsp3) is 0.463. The minimum Gasteiger partial charge on any atom is -0.496 e. The van der Waals surface area contributed by atoms with Crippen LogP contribution < -0.4 is 9.47 Å². The van der Waals surface area contributed by atoms with Crippen molar-refractivity contribution in [2.45, 2.75) is 97.1 Å². The van der Waals surface area contributed by atoms with E-state index >= 15 is 0 Å². The van der Waals surface area contributed by atoms with Gasteiger partial charge >= 0.3 is 0 Å². The maximum absolute atomic E-state index is 5.61. The summed E-state index contributed by atoms with van der Waals surface area (Å²) in [7, 11) is 3.56. The van der Waals surface area contributed by atoms with E-state index in [1.807, 2.05) is 0 Å². The highest BCUT2D eigenvalue weighted by molar-refractivity contribution is 5.86. The van der Waals surface area contributed by atoms with E-state index in [1.165, 1.54) is 90.0 Å². The minimum absolute atomic E-state index is 0.406. The second kappa shape index (κ2) is 15.6. The summed E-state index contributed by atoms with van der Waals surface area (Å²) in [5, 5.41) is 2.72. The van der Waals surface area contributed by atoms with Crippen LogP contribution >= 0.6 is 0 Å². The molecule has 0 unspecified atom stereocenters. The smallest absolute Gasteiger partial charge is 0.122 e. The van der Waals surface area contributed by atoms with Crippen molar-refractivity contribution in [1.82, 2.24) is 4.90 Å². The second-order valence-corrected chi connectivity index (χ2v) is 12.8. The van der Waals surface area contributed by atoms with Crippen molar-refractivity contribution < 1.29 is 9.47 Å². The lowest BCUT2D eigenvalue weighted by Gasteiger charge is -2.40. The largest absolute Gasteiger partial charge is 0.496 e. The maximum Gasteiger partial charge on any atom is 0.122 e. The van der Waals surface area contributed by atoms with Crippen LogP contribution in [0.5, 0.6) is 11.5 Å². The lowest BCUT2D eigenvalue weighted by molar-refractivity contribution is 0.131. The molecule has 3 nitrogen and oxygen atoms in total. The molecule has 0 aliphatic heterocycles. The Labute approximate surface area is 266 Å². The van der Waals surface area contributed by atoms with E-state index in [4.69, 9.17) is 9.47 Å². The summed E-state index contributed by atoms with van der Waals surface area (Å²) in [4.78, 5) is 2.74. The van der Waals surface area contributed by atoms with E-state index in [0.29, 0.717) is 12.1 Å². The van der Waals surface area contributed by atoms with Crippen LogP contribution in [0.25, 0.3) is 10.8 Å². The summed E-state index contributed by atoms with van der Waals surface area (Å²) in [5.74, 6) is 3.05. The molecule has 3 heteroatoms. The van der Waals surface area contributed by atoms with Gasteiger partial charge in [-0.25, -0.2) is 0 Å². The highest BCUT2D eigenvalue weighted by Gasteiger charge is 2.29. The Kier molecular flexibility index (Phi) is 11.4. The van der Waals surface area contributed by atoms with Crippen LogP contribution in [0.15, 0.2) is 78.9 Å². The molecule has 0 aromatic heterocycles. The zero-order chi connectivity index (χ0) is 30.9. The van der Waals surface area contributed by atoms with Gasteiger partial charge < -0.3 is 9.47 Å². The van der Waals surface area contributed by atoms with Crippen LogP contribution in [0.3, 0.4) is 0 Å². The number of benzene rings is 4. The first-order valence-electron chi connectivity index (χ1n) is 17.1. The maximum atomic E-state index is 5.61. The lowest BCUT2D eigenvalue weighted by Crippen LogP contribution is -2.41. The van der Waals surface area contributed by atoms with Gasteiger partial charge in [-0.1, -0.05) is 99.8 Å². The van der Waals surface area contributed by atoms with Crippen molar-refractivity contribution in [3.63, 3.8) is 0 Å². The normalized spacial score (nSPS) is 18.1. The van der Waals surface area contributed by atoms with Crippen molar-refractivity contribution in [1.29, 1.82) is 0 Å². The Bertz CT molecular complexity index is 1490. The molecule has 4 aromatic carbocycles. The number of ether oxygens (including phenoxy) is 2. The molecule has 6 rings (SSSR count). The number of hydrogen-bond donors (Lipinski definition) is 0. The van der Waals surface area contributed by atoms with Gasteiger partial charge in [0.15, 0.2) is 0 Å². The average Bonchev–Trinajstić information content (AvgIpc) is 3.08. The molecule has 0 fully saturated rings. The molecular weight excluding hydrogens is 538 g/mol. The molecule has 0 radical (unpaired) electrons. The van der Waals surface area contributed by atoms with E-state index in [9.17, 15) is 0 Å². The summed E-state index contributed by atoms with van der Waals surface area (Å²) in [5.41, 5.74) is 7.30. The summed E-state index contributed by atoms with van der Waals surface area (Å²) >= 11 is 0. The summed E-state index contributed by atoms with van der Waals surface area (Å²) in [6.45, 7) is 8.09. The monoisotopic (exact) mass is 591 g/mol. The van der Waals surface area contributed by atoms with E-state index < -0.39 is 0 Å². The van der Waals surface area contributed by atoms with Gasteiger partial charge in [0.25, 0.3) is 0 Å². The van der Waals surface area contributed by atoms with Crippen molar-refractivity contribution in [3.8, 4) is 11.5 Å². The van der Waals surface area contributed by atoms with Crippen molar-refractivity contribution in [3.05, 3.63) is 107 Å². The standard InChI is InChI=1S/C26H31NO.C15H22O/c1-4-17-27(19(2)23-13-7-10-20-9-5-6-12-24(20)23)22-15-16-25-21(18-22)11-8-14-26(25)28-3;1-3-4-6-12-9-10-14-13(11-12)7-5-8-15(14)16-2/h5-14,19,22H,4,15-18H2,1-3H3;5,7-8,12H,3-4,6,9-11H2,1-2H3/t19-,22+;12-/m10/s1. The predicted molar refractivity (Wildman–Crippen MR) is 186 cm³/mol. The second-order valence-electron chi connectivity index (χ2n) is 12.8. The molecule has 2 aliphatic carbocycles. The molecule has 3 atom stereocenters. The summed E-state index contributed by atoms with van der Waals surface area (Å²) < 4.78 is 11.0. The number of nitrogens with zero attached hydrogens (tertiary/aromatic N) is 1. The molecule has 0 bridgehead atoms. The fourth-order valence-corrected chi connectivity index (χ4v) is 7.75. The van der Waals surface area contributed by atoms with E-state index in [2.05, 4.69) is 105 Å². The first-order valence-corrected chi connectivity index (χ1v) is 17.1. The summed E-state index contributed by atoms with van der Waals surface area (Å²) in [6.07, 6.45) is 12.5. The number of methoxy groups -OCH3 is 2. The third-order valence-electron chi connectivity index (χ3n) is 10.1. The Morgan fingerprint density at radius 3 is 2.05 bits per heavy atom. The van der Waals surface area contributed by atoms with Gasteiger partial charge in [0.2, 0.25) is 0 Å². The van der Waals surface area contributed by atoms with Crippen LogP contribution in [0.1, 0.15) is 93.2 Å². The van der Waals surface area contributed by atoms with Crippen LogP contribution in [-0.4, -0.2) is 31.7 Å². The van der Waals surface area contributed by atoms with Crippen LogP contribution in [-0.2, 0) is 25.7 Å². The number of hydrogen-bond acceptors (Lipinski definition) is 3. The van der Waals surface area contributed by atoms with Crippen LogP contribution in [0.2, 0.25) is 0 Å². The Morgan fingerprint density at radius 1 is 0.727 bits per heavy atom. The van der Waals surface area contributed by atoms with Crippen LogP contribution in [0.4, 0.5) is 0 Å². The van der Waals surface area contributed by atoms with Crippen molar-refractivity contribution in [2.24, 2.45) is 5.92 Å². The zero-order valence-electron chi connectivity index (χ0n) is 27.8. The van der Waals surface area contributed by atoms with Crippen LogP contribution in [0, 0.1) is 5.92 Å². The molecular formula is C41H53NO2. The van der Waals surface area contributed by atoms with Gasteiger partial charge in [-0.2, -0.15) is 0 Å². The molecule has 0 saturated carbocycles. The topological polar surface area (TPSA) is 21.7 Å². The molecule has 0 spiro atoms. The summed E-state index contributed by atoms with van der Waals surface area (Å²) in [6, 6.07) is 29.5. The molecule has 0 N–H and O–H groups in total. The molecule has 0 amide bonds. The zero-order valence-corrected chi connectivity index (χ0v) is 27.8. The molecule has 0 saturated heterocycles. The van der Waals surface area contributed by atoms with Gasteiger partial charge in [-0.15, -0.1) is 0 Å². The lowest BCUT2D eigenvalue weighted by atomic mass is 9.81. The molecule has 44 heavy (non-hydrogen) atoms. The minimum atomic E-state index is 0.406. The van der Waals surface area contributed by atoms with Crippen molar-refractivity contribution in [2.75, 3.05) is 20.8 Å². The first-order chi connectivity index (χ1) is 21.6. The van der Waals surface area contributed by atoms with Gasteiger partial charge in [0.05, 0.1) is 14.2 Å². The highest BCUT2D eigenvalue weighted by atomic mass is 16.5. The third-order valence-corrected chi connectivity index (χ3v) is 10.1. The number of fused-ring (bicyclic) bond motifs is 3. The average molecular weight is 592 g/mol. The Morgan fingerprint density at radius 2 is 1.36 bits per heavy atom. The number of rotatable bonds is 10. The van der Waals surface area contributed by atoms with E-state index in [-0.39, 0.29) is 0 Å². The third kappa shape index (κ3) is 7.32. The van der Waals surface area contributed by atoms with Gasteiger partial charge in [0, 0.05) is 12.1 Å². The van der Waals surface area contributed by atoms with Gasteiger partial charge in [0.1, 0.15) is 11.5 Å². The quantitative estimate of drug-likeness (QED) is 0.183. The molecule has 234 valence electrons. The highest BCUT2D eigenvalue weighted by Crippen LogP contribution is 2.36. The predicted octanol–water partition coefficient (Wildman–Crippen LogP) is 10.2. The van der Waals surface area contributed by atoms with Gasteiger partial charge in [-0.05, 0) is 115 Å². The Balaban J connectivity index is 0.000000204. The van der Waals surface area contributed by atoms with Gasteiger partial charge in [-0.3, -0.25) is 4.90 Å². The van der Waals surface area contributed by atoms with E-state index in [0.717, 1.165) is 36.8 Å². The fourth-order valence-electron chi connectivity index (χ4n) is 7.75. The molecule has 0 heterocycles. The molecule has 2 aliphatic rings. The SMILES string of the molecule is CCCC[C@H]1CCc2c(cccc2OC)C1.CCCN([C@H]1CCc2c(cccc2OC)C1)[C@H](C)c1cccc2ccccc12. The first kappa shape index (κ1) is 32.1. The van der Waals surface area contributed by atoms with E-state index in [1.54, 1.807) is 14.2 Å². The molecule has 4 aromatic rings.